The zero-order chi connectivity index (χ0) is 15.2. The van der Waals surface area contributed by atoms with E-state index in [4.69, 9.17) is 5.11 Å². The number of carbonyl (C=O) groups is 2. The average molecular weight is 297 g/mol. The monoisotopic (exact) mass is 297 g/mol. The number of piperazine rings is 1. The number of hydrogen-bond donors (Lipinski definition) is 2. The molecule has 1 heterocycles. The molecule has 0 bridgehead atoms. The second kappa shape index (κ2) is 7.75. The van der Waals surface area contributed by atoms with Gasteiger partial charge in [0.15, 0.2) is 0 Å². The molecule has 0 aromatic rings. The Hall–Kier alpha value is -1.14. The zero-order valence-electron chi connectivity index (χ0n) is 12.9. The molecule has 0 spiro atoms. The Morgan fingerprint density at radius 1 is 1.10 bits per heavy atom. The Morgan fingerprint density at radius 2 is 1.71 bits per heavy atom. The van der Waals surface area contributed by atoms with Gasteiger partial charge < -0.3 is 10.4 Å². The molecule has 0 aromatic heterocycles. The molecule has 1 saturated heterocycles. The van der Waals surface area contributed by atoms with Crippen molar-refractivity contribution in [3.63, 3.8) is 0 Å². The molecule has 1 aliphatic heterocycles. The number of carboxylic acid groups (broad SMARTS) is 1. The number of nitrogens with one attached hydrogen (secondary N) is 1. The summed E-state index contributed by atoms with van der Waals surface area (Å²) < 4.78 is 0. The summed E-state index contributed by atoms with van der Waals surface area (Å²) in [7, 11) is 0. The van der Waals surface area contributed by atoms with Crippen LogP contribution in [-0.4, -0.2) is 72.1 Å². The summed E-state index contributed by atoms with van der Waals surface area (Å²) in [6.45, 7) is 5.76. The highest BCUT2D eigenvalue weighted by molar-refractivity contribution is 5.78. The number of carboxylic acids is 1. The van der Waals surface area contributed by atoms with Crippen LogP contribution in [0.15, 0.2) is 0 Å². The Morgan fingerprint density at radius 3 is 2.29 bits per heavy atom. The van der Waals surface area contributed by atoms with Gasteiger partial charge in [0.25, 0.3) is 0 Å². The minimum atomic E-state index is -0.785. The second-order valence-corrected chi connectivity index (χ2v) is 6.48. The van der Waals surface area contributed by atoms with Crippen LogP contribution in [0.4, 0.5) is 0 Å². The van der Waals surface area contributed by atoms with Gasteiger partial charge in [-0.1, -0.05) is 19.8 Å². The molecule has 21 heavy (non-hydrogen) atoms. The Balaban J connectivity index is 1.66. The van der Waals surface area contributed by atoms with Crippen LogP contribution >= 0.6 is 0 Å². The van der Waals surface area contributed by atoms with Gasteiger partial charge in [-0.25, -0.2) is 0 Å². The number of aliphatic carboxylic acids is 1. The van der Waals surface area contributed by atoms with Crippen LogP contribution in [-0.2, 0) is 9.59 Å². The van der Waals surface area contributed by atoms with Gasteiger partial charge in [0.05, 0.1) is 13.1 Å². The molecule has 2 atom stereocenters. The maximum absolute atomic E-state index is 12.1. The SMILES string of the molecule is C[C@@H]1CCC[C@@H](NC(=O)CN2CCN(CC(=O)O)CC2)C1. The van der Waals surface area contributed by atoms with E-state index in [0.29, 0.717) is 18.5 Å². The summed E-state index contributed by atoms with van der Waals surface area (Å²) >= 11 is 0. The lowest BCUT2D eigenvalue weighted by atomic mass is 9.87. The van der Waals surface area contributed by atoms with Crippen molar-refractivity contribution in [2.24, 2.45) is 5.92 Å². The van der Waals surface area contributed by atoms with Gasteiger partial charge >= 0.3 is 5.97 Å². The van der Waals surface area contributed by atoms with Crippen molar-refractivity contribution in [2.75, 3.05) is 39.3 Å². The largest absolute Gasteiger partial charge is 0.480 e. The van der Waals surface area contributed by atoms with E-state index in [1.807, 2.05) is 4.90 Å². The Bertz CT molecular complexity index is 367. The standard InChI is InChI=1S/C15H27N3O3/c1-12-3-2-4-13(9-12)16-14(19)10-17-5-7-18(8-6-17)11-15(20)21/h12-13H,2-11H2,1H3,(H,16,19)(H,20,21)/t12-,13-/m1/s1. The minimum Gasteiger partial charge on any atom is -0.480 e. The first kappa shape index (κ1) is 16.2. The quantitative estimate of drug-likeness (QED) is 0.768. The van der Waals surface area contributed by atoms with Gasteiger partial charge in [0.1, 0.15) is 0 Å². The summed E-state index contributed by atoms with van der Waals surface area (Å²) in [5, 5.41) is 11.9. The number of nitrogens with zero attached hydrogens (tertiary/aromatic N) is 2. The van der Waals surface area contributed by atoms with Crippen molar-refractivity contribution in [2.45, 2.75) is 38.6 Å². The summed E-state index contributed by atoms with van der Waals surface area (Å²) in [5.41, 5.74) is 0. The van der Waals surface area contributed by atoms with Crippen molar-refractivity contribution in [1.82, 2.24) is 15.1 Å². The maximum Gasteiger partial charge on any atom is 0.317 e. The van der Waals surface area contributed by atoms with Crippen LogP contribution in [0, 0.1) is 5.92 Å². The van der Waals surface area contributed by atoms with Crippen LogP contribution in [0.1, 0.15) is 32.6 Å². The lowest BCUT2D eigenvalue weighted by Gasteiger charge is -2.34. The molecule has 0 aromatic carbocycles. The normalized spacial score (nSPS) is 28.2. The third-order valence-corrected chi connectivity index (χ3v) is 4.49. The van der Waals surface area contributed by atoms with E-state index in [1.54, 1.807) is 0 Å². The van der Waals surface area contributed by atoms with Crippen LogP contribution in [0.2, 0.25) is 0 Å². The van der Waals surface area contributed by atoms with Crippen LogP contribution in [0.5, 0.6) is 0 Å². The lowest BCUT2D eigenvalue weighted by molar-refractivity contribution is -0.139. The number of amides is 1. The van der Waals surface area contributed by atoms with E-state index in [2.05, 4.69) is 17.1 Å². The fraction of sp³-hybridized carbons (Fsp3) is 0.867. The van der Waals surface area contributed by atoms with E-state index >= 15 is 0 Å². The first-order valence-corrected chi connectivity index (χ1v) is 7.99. The topological polar surface area (TPSA) is 72.9 Å². The lowest BCUT2D eigenvalue weighted by Crippen LogP contribution is -2.51. The fourth-order valence-electron chi connectivity index (χ4n) is 3.34. The van der Waals surface area contributed by atoms with Crippen molar-refractivity contribution in [3.8, 4) is 0 Å². The molecule has 2 fully saturated rings. The van der Waals surface area contributed by atoms with Gasteiger partial charge in [0.2, 0.25) is 5.91 Å². The highest BCUT2D eigenvalue weighted by Crippen LogP contribution is 2.23. The molecule has 2 rings (SSSR count). The van der Waals surface area contributed by atoms with Crippen molar-refractivity contribution >= 4 is 11.9 Å². The smallest absolute Gasteiger partial charge is 0.317 e. The van der Waals surface area contributed by atoms with E-state index in [9.17, 15) is 9.59 Å². The molecule has 1 amide bonds. The fourth-order valence-corrected chi connectivity index (χ4v) is 3.34. The molecule has 1 saturated carbocycles. The second-order valence-electron chi connectivity index (χ2n) is 6.48. The van der Waals surface area contributed by atoms with E-state index < -0.39 is 5.97 Å². The van der Waals surface area contributed by atoms with Gasteiger partial charge in [-0.2, -0.15) is 0 Å². The minimum absolute atomic E-state index is 0.0972. The summed E-state index contributed by atoms with van der Waals surface area (Å²) in [4.78, 5) is 26.8. The van der Waals surface area contributed by atoms with Gasteiger partial charge in [0, 0.05) is 32.2 Å². The zero-order valence-corrected chi connectivity index (χ0v) is 12.9. The third-order valence-electron chi connectivity index (χ3n) is 4.49. The number of carbonyl (C=O) groups excluding carboxylic acids is 1. The summed E-state index contributed by atoms with van der Waals surface area (Å²) in [6.07, 6.45) is 4.68. The van der Waals surface area contributed by atoms with Crippen molar-refractivity contribution in [3.05, 3.63) is 0 Å². The molecule has 2 aliphatic rings. The number of rotatable bonds is 5. The number of hydrogen-bond acceptors (Lipinski definition) is 4. The average Bonchev–Trinajstić information content (AvgIpc) is 2.40. The van der Waals surface area contributed by atoms with Crippen LogP contribution in [0.25, 0.3) is 0 Å². The van der Waals surface area contributed by atoms with E-state index in [-0.39, 0.29) is 12.5 Å². The molecule has 0 unspecified atom stereocenters. The van der Waals surface area contributed by atoms with Crippen LogP contribution in [0.3, 0.4) is 0 Å². The molecule has 2 N–H and O–H groups in total. The van der Waals surface area contributed by atoms with Gasteiger partial charge in [-0.3, -0.25) is 19.4 Å². The Labute approximate surface area is 126 Å². The van der Waals surface area contributed by atoms with Crippen molar-refractivity contribution in [1.29, 1.82) is 0 Å². The molecule has 6 heteroatoms. The molecular weight excluding hydrogens is 270 g/mol. The highest BCUT2D eigenvalue weighted by Gasteiger charge is 2.23. The predicted octanol–water partition coefficient (Wildman–Crippen LogP) is 0.384. The molecule has 120 valence electrons. The third kappa shape index (κ3) is 5.63. The highest BCUT2D eigenvalue weighted by atomic mass is 16.4. The van der Waals surface area contributed by atoms with Gasteiger partial charge in [-0.05, 0) is 18.8 Å². The van der Waals surface area contributed by atoms with E-state index in [0.717, 1.165) is 39.0 Å². The molecule has 0 radical (unpaired) electrons. The predicted molar refractivity (Wildman–Crippen MR) is 80.1 cm³/mol. The summed E-state index contributed by atoms with van der Waals surface area (Å²) in [6, 6.07) is 0.342. The molecule has 6 nitrogen and oxygen atoms in total. The summed E-state index contributed by atoms with van der Waals surface area (Å²) in [5.74, 6) is 0.0389. The van der Waals surface area contributed by atoms with Crippen LogP contribution < -0.4 is 5.32 Å². The first-order chi connectivity index (χ1) is 10.0. The van der Waals surface area contributed by atoms with E-state index in [1.165, 1.54) is 12.8 Å². The van der Waals surface area contributed by atoms with Gasteiger partial charge in [-0.15, -0.1) is 0 Å². The van der Waals surface area contributed by atoms with Crippen molar-refractivity contribution < 1.29 is 14.7 Å². The molecule has 1 aliphatic carbocycles. The first-order valence-electron chi connectivity index (χ1n) is 7.99. The maximum atomic E-state index is 12.1. The molecular formula is C15H27N3O3. The Kier molecular flexibility index (Phi) is 5.99.